The second-order valence-electron chi connectivity index (χ2n) is 1.75. The first-order valence-corrected chi connectivity index (χ1v) is 6.30. The van der Waals surface area contributed by atoms with Gasteiger partial charge < -0.3 is 0 Å². The summed E-state index contributed by atoms with van der Waals surface area (Å²) < 4.78 is 28.6. The van der Waals surface area contributed by atoms with E-state index in [1.165, 1.54) is 10.8 Å². The molecule has 1 aliphatic rings. The van der Waals surface area contributed by atoms with Crippen molar-refractivity contribution in [3.8, 4) is 0 Å². The molecule has 1 rings (SSSR count). The summed E-state index contributed by atoms with van der Waals surface area (Å²) in [5.74, 6) is 0.745. The van der Waals surface area contributed by atoms with Crippen molar-refractivity contribution in [2.75, 3.05) is 11.5 Å². The van der Waals surface area contributed by atoms with Crippen LogP contribution in [0.2, 0.25) is 0 Å². The summed E-state index contributed by atoms with van der Waals surface area (Å²) in [5, 5.41) is 0.116. The lowest BCUT2D eigenvalue weighted by Gasteiger charge is -2.21. The number of hydrogen-bond donors (Lipinski definition) is 1. The zero-order valence-corrected chi connectivity index (χ0v) is 6.93. The highest BCUT2D eigenvalue weighted by atomic mass is 33.1. The van der Waals surface area contributed by atoms with E-state index in [9.17, 15) is 8.42 Å². The van der Waals surface area contributed by atoms with Crippen LogP contribution >= 0.6 is 21.6 Å². The Kier molecular flexibility index (Phi) is 2.31. The van der Waals surface area contributed by atoms with Crippen LogP contribution in [0.25, 0.3) is 0 Å². The summed E-state index contributed by atoms with van der Waals surface area (Å²) in [4.78, 5) is 0. The Hall–Kier alpha value is 0.610. The third-order valence-electron chi connectivity index (χ3n) is 0.855. The highest BCUT2D eigenvalue weighted by molar-refractivity contribution is 8.79. The van der Waals surface area contributed by atoms with Gasteiger partial charge in [0.2, 0.25) is 0 Å². The van der Waals surface area contributed by atoms with Gasteiger partial charge in [-0.15, -0.1) is 0 Å². The lowest BCUT2D eigenvalue weighted by molar-refractivity contribution is 0.483. The summed E-state index contributed by atoms with van der Waals surface area (Å²) in [6, 6.07) is 0. The van der Waals surface area contributed by atoms with Gasteiger partial charge >= 0.3 is 0 Å². The smallest absolute Gasteiger partial charge is 0.266 e. The average molecular weight is 186 g/mol. The Morgan fingerprint density at radius 3 is 2.33 bits per heavy atom. The minimum atomic E-state index is -3.72. The normalized spacial score (nSPS) is 27.4. The van der Waals surface area contributed by atoms with E-state index < -0.39 is 10.1 Å². The lowest BCUT2D eigenvalue weighted by atomic mass is 10.5. The van der Waals surface area contributed by atoms with E-state index in [-0.39, 0.29) is 11.0 Å². The van der Waals surface area contributed by atoms with Gasteiger partial charge in [-0.25, -0.2) is 0 Å². The van der Waals surface area contributed by atoms with Crippen molar-refractivity contribution in [2.24, 2.45) is 0 Å². The molecular formula is C3H6O3S3. The van der Waals surface area contributed by atoms with Crippen LogP contribution in [0, 0.1) is 0 Å². The SMILES string of the molecule is O=S(=O)(O)CC1CSS1. The summed E-state index contributed by atoms with van der Waals surface area (Å²) in [6.45, 7) is 0. The molecule has 1 fully saturated rings. The maximum Gasteiger partial charge on any atom is 0.266 e. The summed E-state index contributed by atoms with van der Waals surface area (Å²) in [7, 11) is -0.582. The van der Waals surface area contributed by atoms with Crippen molar-refractivity contribution in [2.45, 2.75) is 5.25 Å². The third-order valence-corrected chi connectivity index (χ3v) is 5.01. The molecule has 0 spiro atoms. The van der Waals surface area contributed by atoms with Gasteiger partial charge in [-0.05, 0) is 0 Å². The fraction of sp³-hybridized carbons (Fsp3) is 1.00. The first-order chi connectivity index (χ1) is 4.08. The van der Waals surface area contributed by atoms with Crippen LogP contribution in [0.3, 0.4) is 0 Å². The Labute approximate surface area is 61.7 Å². The second-order valence-corrected chi connectivity index (χ2v) is 5.96. The molecule has 9 heavy (non-hydrogen) atoms. The molecule has 0 aromatic heterocycles. The molecule has 1 N–H and O–H groups in total. The number of hydrogen-bond acceptors (Lipinski definition) is 4. The van der Waals surface area contributed by atoms with Crippen LogP contribution < -0.4 is 0 Å². The topological polar surface area (TPSA) is 54.4 Å². The first kappa shape index (κ1) is 7.71. The van der Waals surface area contributed by atoms with Crippen LogP contribution in [-0.4, -0.2) is 29.7 Å². The predicted octanol–water partition coefficient (Wildman–Crippen LogP) is 0.638. The Balaban J connectivity index is 2.33. The van der Waals surface area contributed by atoms with Gasteiger partial charge in [-0.2, -0.15) is 8.42 Å². The summed E-state index contributed by atoms with van der Waals surface area (Å²) in [5.41, 5.74) is 0. The van der Waals surface area contributed by atoms with E-state index in [1.807, 2.05) is 0 Å². The highest BCUT2D eigenvalue weighted by Gasteiger charge is 2.24. The maximum absolute atomic E-state index is 10.2. The molecule has 0 saturated carbocycles. The van der Waals surface area contributed by atoms with Gasteiger partial charge in [0.1, 0.15) is 0 Å². The van der Waals surface area contributed by atoms with Gasteiger partial charge in [0.25, 0.3) is 10.1 Å². The molecular weight excluding hydrogens is 180 g/mol. The van der Waals surface area contributed by atoms with Crippen molar-refractivity contribution in [1.82, 2.24) is 0 Å². The van der Waals surface area contributed by atoms with Crippen molar-refractivity contribution in [3.63, 3.8) is 0 Å². The Morgan fingerprint density at radius 1 is 1.67 bits per heavy atom. The largest absolute Gasteiger partial charge is 0.286 e. The maximum atomic E-state index is 10.2. The van der Waals surface area contributed by atoms with E-state index in [1.54, 1.807) is 10.8 Å². The van der Waals surface area contributed by atoms with Crippen molar-refractivity contribution in [1.29, 1.82) is 0 Å². The monoisotopic (exact) mass is 186 g/mol. The molecule has 0 aromatic carbocycles. The van der Waals surface area contributed by atoms with Crippen molar-refractivity contribution in [3.05, 3.63) is 0 Å². The molecule has 6 heteroatoms. The lowest BCUT2D eigenvalue weighted by Crippen LogP contribution is -2.23. The Morgan fingerprint density at radius 2 is 2.22 bits per heavy atom. The molecule has 0 radical (unpaired) electrons. The Bertz CT molecular complexity index is 180. The summed E-state index contributed by atoms with van der Waals surface area (Å²) >= 11 is 0. The molecule has 1 unspecified atom stereocenters. The minimum absolute atomic E-state index is 0.0926. The van der Waals surface area contributed by atoms with E-state index >= 15 is 0 Å². The van der Waals surface area contributed by atoms with Gasteiger partial charge in [0.15, 0.2) is 0 Å². The zero-order valence-electron chi connectivity index (χ0n) is 4.48. The number of rotatable bonds is 2. The van der Waals surface area contributed by atoms with Crippen LogP contribution in [0.4, 0.5) is 0 Å². The first-order valence-electron chi connectivity index (χ1n) is 2.31. The predicted molar refractivity (Wildman–Crippen MR) is 40.3 cm³/mol. The van der Waals surface area contributed by atoms with E-state index in [0.717, 1.165) is 5.75 Å². The quantitative estimate of drug-likeness (QED) is 0.506. The second kappa shape index (κ2) is 2.69. The molecule has 0 aliphatic carbocycles. The van der Waals surface area contributed by atoms with Crippen LogP contribution in [0.15, 0.2) is 0 Å². The van der Waals surface area contributed by atoms with Crippen LogP contribution in [0.1, 0.15) is 0 Å². The molecule has 54 valence electrons. The summed E-state index contributed by atoms with van der Waals surface area (Å²) in [6.07, 6.45) is 0. The molecule has 1 aliphatic heterocycles. The van der Waals surface area contributed by atoms with Crippen molar-refractivity contribution >= 4 is 31.7 Å². The molecule has 0 amide bonds. The van der Waals surface area contributed by atoms with Crippen molar-refractivity contribution < 1.29 is 13.0 Å². The molecule has 3 nitrogen and oxygen atoms in total. The van der Waals surface area contributed by atoms with E-state index in [2.05, 4.69) is 0 Å². The van der Waals surface area contributed by atoms with E-state index in [0.29, 0.717) is 0 Å². The van der Waals surface area contributed by atoms with Gasteiger partial charge in [-0.3, -0.25) is 4.55 Å². The fourth-order valence-electron chi connectivity index (χ4n) is 0.475. The third kappa shape index (κ3) is 2.79. The van der Waals surface area contributed by atoms with Crippen LogP contribution in [-0.2, 0) is 10.1 Å². The molecule has 1 saturated heterocycles. The van der Waals surface area contributed by atoms with Gasteiger partial charge in [-0.1, -0.05) is 21.6 Å². The highest BCUT2D eigenvalue weighted by Crippen LogP contribution is 2.40. The molecule has 1 atom stereocenters. The zero-order chi connectivity index (χ0) is 6.91. The standard InChI is InChI=1S/C3H6O3S3/c4-9(5,6)2-3-1-7-8-3/h3H,1-2H2,(H,4,5,6). The average Bonchev–Trinajstić information content (AvgIpc) is 1.53. The fourth-order valence-corrected chi connectivity index (χ4v) is 3.88. The van der Waals surface area contributed by atoms with Gasteiger partial charge in [0.05, 0.1) is 5.75 Å². The van der Waals surface area contributed by atoms with Crippen LogP contribution in [0.5, 0.6) is 0 Å². The van der Waals surface area contributed by atoms with E-state index in [4.69, 9.17) is 4.55 Å². The molecule has 1 heterocycles. The molecule has 0 bridgehead atoms. The van der Waals surface area contributed by atoms with Gasteiger partial charge in [0, 0.05) is 11.0 Å². The minimum Gasteiger partial charge on any atom is -0.286 e. The molecule has 0 aromatic rings.